The van der Waals surface area contributed by atoms with Crippen LogP contribution in [-0.4, -0.2) is 48.8 Å². The maximum Gasteiger partial charge on any atom is 0.253 e. The number of nitrogens with zero attached hydrogens (tertiary/aromatic N) is 1. The van der Waals surface area contributed by atoms with Crippen LogP contribution < -0.4 is 4.74 Å². The van der Waals surface area contributed by atoms with E-state index < -0.39 is 0 Å². The van der Waals surface area contributed by atoms with Crippen LogP contribution in [0.1, 0.15) is 22.3 Å². The molecule has 2 aliphatic heterocycles. The Morgan fingerprint density at radius 1 is 1.26 bits per heavy atom. The van der Waals surface area contributed by atoms with Crippen LogP contribution in [0.4, 0.5) is 0 Å². The number of carbonyl (C=O) groups is 1. The van der Waals surface area contributed by atoms with E-state index in [4.69, 9.17) is 9.47 Å². The van der Waals surface area contributed by atoms with Crippen molar-refractivity contribution in [3.63, 3.8) is 0 Å². The van der Waals surface area contributed by atoms with Crippen LogP contribution in [0.5, 0.6) is 11.5 Å². The molecule has 2 heterocycles. The zero-order chi connectivity index (χ0) is 18.9. The molecule has 0 bridgehead atoms. The number of aliphatic hydroxyl groups excluding tert-OH is 1. The highest BCUT2D eigenvalue weighted by molar-refractivity contribution is 5.94. The van der Waals surface area contributed by atoms with Gasteiger partial charge >= 0.3 is 0 Å². The summed E-state index contributed by atoms with van der Waals surface area (Å²) in [5.41, 5.74) is 1.47. The third-order valence-electron chi connectivity index (χ3n) is 5.74. The standard InChI is InChI=1S/C22H25NO4/c1-16-3-2-4-20(11-16)27-19-7-5-17(6-8-19)21(25)23-12-18-9-10-26-15-22(18,13-23)14-24/h2-8,11,18,24H,9-10,12-15H2,1H3/t18-,22+/m0/s1. The van der Waals surface area contributed by atoms with Gasteiger partial charge < -0.3 is 19.5 Å². The molecule has 1 N–H and O–H groups in total. The monoisotopic (exact) mass is 367 g/mol. The average Bonchev–Trinajstić information content (AvgIpc) is 3.08. The molecule has 4 rings (SSSR count). The third kappa shape index (κ3) is 3.57. The van der Waals surface area contributed by atoms with Crippen molar-refractivity contribution in [2.45, 2.75) is 13.3 Å². The molecule has 0 saturated carbocycles. The Labute approximate surface area is 159 Å². The number of carbonyl (C=O) groups excluding carboxylic acids is 1. The maximum atomic E-state index is 12.9. The molecule has 0 radical (unpaired) electrons. The Morgan fingerprint density at radius 3 is 2.78 bits per heavy atom. The Morgan fingerprint density at radius 2 is 2.07 bits per heavy atom. The first kappa shape index (κ1) is 18.0. The molecule has 0 aromatic heterocycles. The number of benzene rings is 2. The summed E-state index contributed by atoms with van der Waals surface area (Å²) in [6, 6.07) is 15.1. The Kier molecular flexibility index (Phi) is 4.89. The molecule has 0 unspecified atom stereocenters. The van der Waals surface area contributed by atoms with E-state index in [1.807, 2.05) is 48.2 Å². The molecule has 2 aromatic carbocycles. The molecule has 1 amide bonds. The van der Waals surface area contributed by atoms with Crippen molar-refractivity contribution < 1.29 is 19.4 Å². The normalized spacial score (nSPS) is 24.5. The van der Waals surface area contributed by atoms with Crippen molar-refractivity contribution in [1.29, 1.82) is 0 Å². The van der Waals surface area contributed by atoms with E-state index in [1.54, 1.807) is 12.1 Å². The van der Waals surface area contributed by atoms with Crippen molar-refractivity contribution >= 4 is 5.91 Å². The molecule has 2 saturated heterocycles. The van der Waals surface area contributed by atoms with Crippen molar-refractivity contribution in [1.82, 2.24) is 4.90 Å². The molecular weight excluding hydrogens is 342 g/mol. The van der Waals surface area contributed by atoms with Gasteiger partial charge in [0.15, 0.2) is 0 Å². The second kappa shape index (κ2) is 7.33. The molecule has 5 nitrogen and oxygen atoms in total. The lowest BCUT2D eigenvalue weighted by atomic mass is 9.76. The summed E-state index contributed by atoms with van der Waals surface area (Å²) < 4.78 is 11.4. The van der Waals surface area contributed by atoms with Crippen LogP contribution in [-0.2, 0) is 4.74 Å². The summed E-state index contributed by atoms with van der Waals surface area (Å²) >= 11 is 0. The van der Waals surface area contributed by atoms with E-state index in [9.17, 15) is 9.90 Å². The Hall–Kier alpha value is -2.37. The summed E-state index contributed by atoms with van der Waals surface area (Å²) in [5.74, 6) is 1.79. The first-order valence-corrected chi connectivity index (χ1v) is 9.42. The number of rotatable bonds is 4. The van der Waals surface area contributed by atoms with Gasteiger partial charge in [-0.3, -0.25) is 4.79 Å². The number of aryl methyl sites for hydroxylation is 1. The minimum atomic E-state index is -0.303. The van der Waals surface area contributed by atoms with Gasteiger partial charge in [-0.05, 0) is 61.2 Å². The van der Waals surface area contributed by atoms with Gasteiger partial charge in [0.05, 0.1) is 13.2 Å². The Bertz CT molecular complexity index is 819. The summed E-state index contributed by atoms with van der Waals surface area (Å²) in [4.78, 5) is 14.8. The molecule has 5 heteroatoms. The fourth-order valence-electron chi connectivity index (χ4n) is 4.14. The number of hydrogen-bond donors (Lipinski definition) is 1. The minimum absolute atomic E-state index is 0.000620. The van der Waals surface area contributed by atoms with E-state index in [2.05, 4.69) is 0 Å². The lowest BCUT2D eigenvalue weighted by molar-refractivity contribution is -0.0556. The van der Waals surface area contributed by atoms with E-state index >= 15 is 0 Å². The van der Waals surface area contributed by atoms with E-state index in [-0.39, 0.29) is 17.9 Å². The second-order valence-electron chi connectivity index (χ2n) is 7.69. The van der Waals surface area contributed by atoms with Crippen LogP contribution in [0, 0.1) is 18.3 Å². The van der Waals surface area contributed by atoms with E-state index in [0.29, 0.717) is 43.5 Å². The molecule has 142 valence electrons. The van der Waals surface area contributed by atoms with Gasteiger partial charge in [-0.25, -0.2) is 0 Å². The van der Waals surface area contributed by atoms with Crippen LogP contribution in [0.3, 0.4) is 0 Å². The van der Waals surface area contributed by atoms with Gasteiger partial charge in [0, 0.05) is 30.7 Å². The number of hydrogen-bond acceptors (Lipinski definition) is 4. The third-order valence-corrected chi connectivity index (χ3v) is 5.74. The number of ether oxygens (including phenoxy) is 2. The van der Waals surface area contributed by atoms with E-state index in [1.165, 1.54) is 0 Å². The fraction of sp³-hybridized carbons (Fsp3) is 0.409. The molecular formula is C22H25NO4. The van der Waals surface area contributed by atoms with Gasteiger partial charge in [-0.1, -0.05) is 12.1 Å². The molecule has 2 aromatic rings. The predicted octanol–water partition coefficient (Wildman–Crippen LogP) is 3.26. The quantitative estimate of drug-likeness (QED) is 0.901. The van der Waals surface area contributed by atoms with Crippen molar-refractivity contribution in [3.8, 4) is 11.5 Å². The van der Waals surface area contributed by atoms with Gasteiger partial charge in [-0.15, -0.1) is 0 Å². The van der Waals surface area contributed by atoms with Gasteiger partial charge in [-0.2, -0.15) is 0 Å². The average molecular weight is 367 g/mol. The molecule has 2 atom stereocenters. The van der Waals surface area contributed by atoms with Crippen LogP contribution in [0.25, 0.3) is 0 Å². The van der Waals surface area contributed by atoms with Crippen molar-refractivity contribution in [3.05, 3.63) is 59.7 Å². The molecule has 0 aliphatic carbocycles. The summed E-state index contributed by atoms with van der Waals surface area (Å²) in [6.45, 7) is 4.55. The predicted molar refractivity (Wildman–Crippen MR) is 102 cm³/mol. The highest BCUT2D eigenvalue weighted by Gasteiger charge is 2.49. The smallest absolute Gasteiger partial charge is 0.253 e. The Balaban J connectivity index is 1.45. The number of fused-ring (bicyclic) bond motifs is 1. The highest BCUT2D eigenvalue weighted by Crippen LogP contribution is 2.41. The van der Waals surface area contributed by atoms with Crippen LogP contribution in [0.15, 0.2) is 48.5 Å². The zero-order valence-electron chi connectivity index (χ0n) is 15.6. The van der Waals surface area contributed by atoms with Crippen LogP contribution >= 0.6 is 0 Å². The van der Waals surface area contributed by atoms with Gasteiger partial charge in [0.2, 0.25) is 0 Å². The first-order chi connectivity index (χ1) is 13.1. The molecule has 27 heavy (non-hydrogen) atoms. The number of likely N-dealkylation sites (tertiary alicyclic amines) is 1. The first-order valence-electron chi connectivity index (χ1n) is 9.42. The number of amides is 1. The van der Waals surface area contributed by atoms with Crippen molar-refractivity contribution in [2.75, 3.05) is 32.9 Å². The fourth-order valence-corrected chi connectivity index (χ4v) is 4.14. The minimum Gasteiger partial charge on any atom is -0.457 e. The topological polar surface area (TPSA) is 59.0 Å². The zero-order valence-corrected chi connectivity index (χ0v) is 15.6. The van der Waals surface area contributed by atoms with Crippen molar-refractivity contribution in [2.24, 2.45) is 11.3 Å². The number of aliphatic hydroxyl groups is 1. The molecule has 2 aliphatic rings. The summed E-state index contributed by atoms with van der Waals surface area (Å²) in [5, 5.41) is 9.88. The molecule has 0 spiro atoms. The SMILES string of the molecule is Cc1cccc(Oc2ccc(C(=O)N3C[C@@H]4CCOC[C@]4(CO)C3)cc2)c1. The molecule has 2 fully saturated rings. The summed E-state index contributed by atoms with van der Waals surface area (Å²) in [6.07, 6.45) is 0.896. The lowest BCUT2D eigenvalue weighted by Crippen LogP contribution is -2.43. The second-order valence-corrected chi connectivity index (χ2v) is 7.69. The maximum absolute atomic E-state index is 12.9. The van der Waals surface area contributed by atoms with Gasteiger partial charge in [0.25, 0.3) is 5.91 Å². The van der Waals surface area contributed by atoms with E-state index in [0.717, 1.165) is 17.7 Å². The summed E-state index contributed by atoms with van der Waals surface area (Å²) in [7, 11) is 0. The van der Waals surface area contributed by atoms with Gasteiger partial charge in [0.1, 0.15) is 11.5 Å². The highest BCUT2D eigenvalue weighted by atomic mass is 16.5. The van der Waals surface area contributed by atoms with Crippen LogP contribution in [0.2, 0.25) is 0 Å². The lowest BCUT2D eigenvalue weighted by Gasteiger charge is -2.36. The largest absolute Gasteiger partial charge is 0.457 e.